The van der Waals surface area contributed by atoms with E-state index in [1.807, 2.05) is 39.0 Å². The van der Waals surface area contributed by atoms with Crippen LogP contribution in [0.4, 0.5) is 5.69 Å². The molecular weight excluding hydrogens is 222 g/mol. The first-order valence-electron chi connectivity index (χ1n) is 5.27. The molecule has 0 aliphatic heterocycles. The van der Waals surface area contributed by atoms with Crippen molar-refractivity contribution in [3.8, 4) is 5.75 Å². The first-order chi connectivity index (χ1) is 7.41. The van der Waals surface area contributed by atoms with E-state index in [1.54, 1.807) is 6.07 Å². The predicted octanol–water partition coefficient (Wildman–Crippen LogP) is 2.19. The van der Waals surface area contributed by atoms with Crippen molar-refractivity contribution in [2.24, 2.45) is 0 Å². The molecule has 4 heteroatoms. The molecule has 1 aromatic rings. The number of nitrogens with two attached hydrogens (primary N) is 1. The standard InChI is InChI=1S/C12H19NO2S/c1-12(2,3)16(14)9-8-15-11-7-5-4-6-10(11)13/h4-7H,8-9,13H2,1-3H3. The molecule has 0 radical (unpaired) electrons. The van der Waals surface area contributed by atoms with Crippen molar-refractivity contribution in [2.75, 3.05) is 18.1 Å². The maximum atomic E-state index is 11.7. The van der Waals surface area contributed by atoms with Gasteiger partial charge in [-0.25, -0.2) is 0 Å². The van der Waals surface area contributed by atoms with E-state index in [4.69, 9.17) is 10.5 Å². The molecule has 3 nitrogen and oxygen atoms in total. The van der Waals surface area contributed by atoms with Crippen molar-refractivity contribution < 1.29 is 8.95 Å². The summed E-state index contributed by atoms with van der Waals surface area (Å²) in [6, 6.07) is 7.33. The average molecular weight is 241 g/mol. The van der Waals surface area contributed by atoms with E-state index in [-0.39, 0.29) is 4.75 Å². The van der Waals surface area contributed by atoms with Crippen LogP contribution < -0.4 is 10.5 Å². The van der Waals surface area contributed by atoms with Gasteiger partial charge in [0.1, 0.15) is 5.75 Å². The van der Waals surface area contributed by atoms with E-state index in [1.165, 1.54) is 0 Å². The van der Waals surface area contributed by atoms with E-state index in [0.717, 1.165) is 0 Å². The van der Waals surface area contributed by atoms with Crippen molar-refractivity contribution in [3.63, 3.8) is 0 Å². The molecule has 0 fully saturated rings. The largest absolute Gasteiger partial charge is 0.490 e. The number of nitrogen functional groups attached to an aromatic ring is 1. The van der Waals surface area contributed by atoms with Crippen molar-refractivity contribution in [2.45, 2.75) is 25.5 Å². The van der Waals surface area contributed by atoms with Crippen LogP contribution in [0.5, 0.6) is 5.75 Å². The maximum absolute atomic E-state index is 11.7. The van der Waals surface area contributed by atoms with Crippen molar-refractivity contribution in [3.05, 3.63) is 24.3 Å². The summed E-state index contributed by atoms with van der Waals surface area (Å²) in [5, 5.41) is 0. The minimum atomic E-state index is -0.883. The zero-order chi connectivity index (χ0) is 12.2. The molecule has 0 aliphatic carbocycles. The molecule has 0 aliphatic rings. The van der Waals surface area contributed by atoms with E-state index in [0.29, 0.717) is 23.8 Å². The number of rotatable bonds is 4. The monoisotopic (exact) mass is 241 g/mol. The van der Waals surface area contributed by atoms with E-state index in [2.05, 4.69) is 0 Å². The summed E-state index contributed by atoms with van der Waals surface area (Å²) in [6.45, 7) is 6.30. The number of anilines is 1. The summed E-state index contributed by atoms with van der Waals surface area (Å²) in [4.78, 5) is 0. The number of benzene rings is 1. The third kappa shape index (κ3) is 3.85. The second-order valence-corrected chi connectivity index (χ2v) is 6.87. The van der Waals surface area contributed by atoms with Crippen molar-refractivity contribution in [1.29, 1.82) is 0 Å². The minimum Gasteiger partial charge on any atom is -0.490 e. The molecule has 16 heavy (non-hydrogen) atoms. The Morgan fingerprint density at radius 1 is 1.31 bits per heavy atom. The Labute approximate surface area is 99.4 Å². The molecule has 1 aromatic carbocycles. The lowest BCUT2D eigenvalue weighted by Gasteiger charge is -2.17. The van der Waals surface area contributed by atoms with Gasteiger partial charge in [-0.15, -0.1) is 0 Å². The smallest absolute Gasteiger partial charge is 0.142 e. The quantitative estimate of drug-likeness (QED) is 0.822. The summed E-state index contributed by atoms with van der Waals surface area (Å²) < 4.78 is 17.0. The Hall–Kier alpha value is -1.03. The van der Waals surface area contributed by atoms with Gasteiger partial charge in [0.2, 0.25) is 0 Å². The van der Waals surface area contributed by atoms with Crippen LogP contribution in [0, 0.1) is 0 Å². The maximum Gasteiger partial charge on any atom is 0.142 e. The molecule has 1 atom stereocenters. The second-order valence-electron chi connectivity index (χ2n) is 4.55. The SMILES string of the molecule is CC(C)(C)S(=O)CCOc1ccccc1N. The fourth-order valence-corrected chi connectivity index (χ4v) is 1.99. The molecule has 90 valence electrons. The third-order valence-corrected chi connectivity index (χ3v) is 4.03. The summed E-state index contributed by atoms with van der Waals surface area (Å²) in [7, 11) is -0.883. The van der Waals surface area contributed by atoms with Gasteiger partial charge in [0.05, 0.1) is 18.0 Å². The minimum absolute atomic E-state index is 0.189. The zero-order valence-corrected chi connectivity index (χ0v) is 10.8. The molecule has 0 bridgehead atoms. The van der Waals surface area contributed by atoms with Crippen LogP contribution in [-0.4, -0.2) is 21.3 Å². The van der Waals surface area contributed by atoms with E-state index in [9.17, 15) is 4.21 Å². The van der Waals surface area contributed by atoms with Crippen LogP contribution in [0.25, 0.3) is 0 Å². The average Bonchev–Trinajstić information content (AvgIpc) is 2.19. The predicted molar refractivity (Wildman–Crippen MR) is 69.1 cm³/mol. The fourth-order valence-electron chi connectivity index (χ4n) is 1.15. The van der Waals surface area contributed by atoms with Gasteiger partial charge in [0.15, 0.2) is 0 Å². The lowest BCUT2D eigenvalue weighted by molar-refractivity contribution is 0.344. The number of hydrogen-bond acceptors (Lipinski definition) is 3. The summed E-state index contributed by atoms with van der Waals surface area (Å²) in [5.41, 5.74) is 6.34. The van der Waals surface area contributed by atoms with Crippen molar-refractivity contribution in [1.82, 2.24) is 0 Å². The second kappa shape index (κ2) is 5.34. The highest BCUT2D eigenvalue weighted by Crippen LogP contribution is 2.20. The van der Waals surface area contributed by atoms with Gasteiger partial charge in [-0.05, 0) is 32.9 Å². The van der Waals surface area contributed by atoms with Crippen LogP contribution >= 0.6 is 0 Å². The van der Waals surface area contributed by atoms with Crippen LogP contribution in [0.2, 0.25) is 0 Å². The molecule has 0 saturated carbocycles. The van der Waals surface area contributed by atoms with Gasteiger partial charge >= 0.3 is 0 Å². The van der Waals surface area contributed by atoms with Gasteiger partial charge in [0.25, 0.3) is 0 Å². The first-order valence-corrected chi connectivity index (χ1v) is 6.59. The Balaban J connectivity index is 2.43. The Bertz CT molecular complexity index is 372. The molecule has 0 amide bonds. The van der Waals surface area contributed by atoms with E-state index < -0.39 is 10.8 Å². The van der Waals surface area contributed by atoms with Gasteiger partial charge in [-0.3, -0.25) is 4.21 Å². The number of para-hydroxylation sites is 2. The molecule has 0 heterocycles. The molecule has 1 unspecified atom stereocenters. The topological polar surface area (TPSA) is 52.3 Å². The first kappa shape index (κ1) is 13.0. The fraction of sp³-hybridized carbons (Fsp3) is 0.500. The van der Waals surface area contributed by atoms with Crippen LogP contribution in [0.15, 0.2) is 24.3 Å². The summed E-state index contributed by atoms with van der Waals surface area (Å²) >= 11 is 0. The van der Waals surface area contributed by atoms with E-state index >= 15 is 0 Å². The Morgan fingerprint density at radius 2 is 1.94 bits per heavy atom. The molecule has 0 saturated heterocycles. The number of hydrogen-bond donors (Lipinski definition) is 1. The Kier molecular flexibility index (Phi) is 4.35. The lowest BCUT2D eigenvalue weighted by atomic mass is 10.3. The normalized spacial score (nSPS) is 13.4. The molecular formula is C12H19NO2S. The zero-order valence-electron chi connectivity index (χ0n) is 10.0. The highest BCUT2D eigenvalue weighted by Gasteiger charge is 2.18. The molecule has 2 N–H and O–H groups in total. The third-order valence-electron chi connectivity index (χ3n) is 2.13. The lowest BCUT2D eigenvalue weighted by Crippen LogP contribution is -2.26. The van der Waals surface area contributed by atoms with Gasteiger partial charge in [-0.1, -0.05) is 12.1 Å². The van der Waals surface area contributed by atoms with Gasteiger partial charge < -0.3 is 10.5 Å². The van der Waals surface area contributed by atoms with Crippen LogP contribution in [0.3, 0.4) is 0 Å². The molecule has 0 spiro atoms. The van der Waals surface area contributed by atoms with Gasteiger partial charge in [0, 0.05) is 15.5 Å². The summed E-state index contributed by atoms with van der Waals surface area (Å²) in [5.74, 6) is 1.19. The highest BCUT2D eigenvalue weighted by molar-refractivity contribution is 7.86. The van der Waals surface area contributed by atoms with Crippen LogP contribution in [-0.2, 0) is 10.8 Å². The van der Waals surface area contributed by atoms with Crippen molar-refractivity contribution >= 4 is 16.5 Å². The molecule has 0 aromatic heterocycles. The Morgan fingerprint density at radius 3 is 2.50 bits per heavy atom. The summed E-state index contributed by atoms with van der Waals surface area (Å²) in [6.07, 6.45) is 0. The molecule has 1 rings (SSSR count). The van der Waals surface area contributed by atoms with Crippen LogP contribution in [0.1, 0.15) is 20.8 Å². The number of ether oxygens (including phenoxy) is 1. The highest BCUT2D eigenvalue weighted by atomic mass is 32.2. The van der Waals surface area contributed by atoms with Gasteiger partial charge in [-0.2, -0.15) is 0 Å².